The van der Waals surface area contributed by atoms with Crippen molar-refractivity contribution in [3.8, 4) is 11.6 Å². The van der Waals surface area contributed by atoms with Gasteiger partial charge < -0.3 is 9.47 Å². The summed E-state index contributed by atoms with van der Waals surface area (Å²) in [5.74, 6) is -0.00936. The first-order valence-electron chi connectivity index (χ1n) is 8.40. The highest BCUT2D eigenvalue weighted by Gasteiger charge is 2.21. The molecule has 0 aliphatic carbocycles. The van der Waals surface area contributed by atoms with Crippen molar-refractivity contribution in [3.05, 3.63) is 60.9 Å². The van der Waals surface area contributed by atoms with E-state index in [4.69, 9.17) is 9.47 Å². The monoisotopic (exact) mass is 450 g/mol. The van der Waals surface area contributed by atoms with Crippen molar-refractivity contribution in [2.45, 2.75) is 9.79 Å². The van der Waals surface area contributed by atoms with Crippen molar-refractivity contribution < 1.29 is 26.3 Å². The van der Waals surface area contributed by atoms with E-state index in [0.29, 0.717) is 0 Å². The summed E-state index contributed by atoms with van der Waals surface area (Å²) in [6.07, 6.45) is 1.13. The van der Waals surface area contributed by atoms with Crippen molar-refractivity contribution in [2.24, 2.45) is 0 Å². The molecule has 0 aliphatic rings. The summed E-state index contributed by atoms with van der Waals surface area (Å²) in [6.45, 7) is 0. The normalized spacial score (nSPS) is 11.5. The van der Waals surface area contributed by atoms with Crippen molar-refractivity contribution in [1.82, 2.24) is 9.97 Å². The van der Waals surface area contributed by atoms with E-state index in [9.17, 15) is 16.8 Å². The maximum Gasteiger partial charge on any atom is 0.263 e. The Kier molecular flexibility index (Phi) is 6.08. The predicted molar refractivity (Wildman–Crippen MR) is 110 cm³/mol. The number of rotatable bonds is 8. The Balaban J connectivity index is 1.82. The third-order valence-electron chi connectivity index (χ3n) is 3.87. The number of hydrogen-bond acceptors (Lipinski definition) is 8. The second-order valence-corrected chi connectivity index (χ2v) is 9.18. The Hall–Kier alpha value is -3.38. The van der Waals surface area contributed by atoms with Crippen LogP contribution in [0.15, 0.2) is 70.7 Å². The molecule has 3 rings (SSSR count). The minimum Gasteiger partial charge on any atom is -0.489 e. The number of anilines is 2. The molecule has 1 heterocycles. The molecule has 0 radical (unpaired) electrons. The zero-order valence-electron chi connectivity index (χ0n) is 15.9. The summed E-state index contributed by atoms with van der Waals surface area (Å²) in [7, 11) is -5.14. The summed E-state index contributed by atoms with van der Waals surface area (Å²) in [6, 6.07) is 13.0. The largest absolute Gasteiger partial charge is 0.489 e. The van der Waals surface area contributed by atoms with Crippen LogP contribution in [0.1, 0.15) is 0 Å². The number of methoxy groups -OCH3 is 2. The molecule has 0 amide bonds. The zero-order chi connectivity index (χ0) is 21.8. The molecule has 0 aliphatic heterocycles. The maximum atomic E-state index is 12.7. The first-order chi connectivity index (χ1) is 14.3. The molecule has 2 N–H and O–H groups in total. The lowest BCUT2D eigenvalue weighted by molar-refractivity contribution is 0.342. The molecule has 0 bridgehead atoms. The van der Waals surface area contributed by atoms with E-state index in [1.165, 1.54) is 50.6 Å². The molecule has 30 heavy (non-hydrogen) atoms. The number of nitrogens with zero attached hydrogens (tertiary/aromatic N) is 2. The van der Waals surface area contributed by atoms with Gasteiger partial charge in [0.15, 0.2) is 5.82 Å². The van der Waals surface area contributed by atoms with Crippen LogP contribution in [-0.4, -0.2) is 41.0 Å². The molecule has 0 saturated carbocycles. The molecular weight excluding hydrogens is 432 g/mol. The molecule has 0 saturated heterocycles. The van der Waals surface area contributed by atoms with E-state index in [2.05, 4.69) is 19.4 Å². The Morgan fingerprint density at radius 1 is 0.733 bits per heavy atom. The Morgan fingerprint density at radius 3 is 1.93 bits per heavy atom. The Morgan fingerprint density at radius 2 is 1.33 bits per heavy atom. The lowest BCUT2D eigenvalue weighted by Gasteiger charge is -2.13. The molecule has 10 nitrogen and oxygen atoms in total. The summed E-state index contributed by atoms with van der Waals surface area (Å²) in [5, 5.41) is 0. The summed E-state index contributed by atoms with van der Waals surface area (Å²) < 4.78 is 64.9. The van der Waals surface area contributed by atoms with Crippen LogP contribution in [0.25, 0.3) is 0 Å². The third-order valence-corrected chi connectivity index (χ3v) is 6.62. The third kappa shape index (κ3) is 4.60. The lowest BCUT2D eigenvalue weighted by Crippen LogP contribution is -2.16. The van der Waals surface area contributed by atoms with Crippen molar-refractivity contribution in [3.63, 3.8) is 0 Å². The van der Waals surface area contributed by atoms with Crippen molar-refractivity contribution in [1.29, 1.82) is 0 Å². The maximum absolute atomic E-state index is 12.7. The first kappa shape index (κ1) is 21.3. The van der Waals surface area contributed by atoms with E-state index >= 15 is 0 Å². The minimum atomic E-state index is -4.04. The van der Waals surface area contributed by atoms with Gasteiger partial charge in [-0.1, -0.05) is 18.2 Å². The highest BCUT2D eigenvalue weighted by atomic mass is 32.2. The molecule has 0 unspecified atom stereocenters. The fourth-order valence-electron chi connectivity index (χ4n) is 2.46. The number of hydrogen-bond donors (Lipinski definition) is 2. The first-order valence-corrected chi connectivity index (χ1v) is 11.4. The van der Waals surface area contributed by atoms with Gasteiger partial charge in [-0.3, -0.25) is 9.44 Å². The molecule has 0 atom stereocenters. The van der Waals surface area contributed by atoms with Gasteiger partial charge in [-0.25, -0.2) is 21.8 Å². The van der Waals surface area contributed by atoms with Crippen LogP contribution in [0.5, 0.6) is 11.6 Å². The zero-order valence-corrected chi connectivity index (χ0v) is 17.6. The topological polar surface area (TPSA) is 137 Å². The molecule has 158 valence electrons. The molecular formula is C18H18N4O6S2. The molecule has 1 aromatic heterocycles. The van der Waals surface area contributed by atoms with Gasteiger partial charge in [-0.15, -0.1) is 0 Å². The van der Waals surface area contributed by atoms with Gasteiger partial charge in [-0.05, 0) is 36.4 Å². The van der Waals surface area contributed by atoms with Crippen LogP contribution in [0.4, 0.5) is 11.5 Å². The average molecular weight is 450 g/mol. The average Bonchev–Trinajstić information content (AvgIpc) is 2.74. The Bertz CT molecular complexity index is 1230. The van der Waals surface area contributed by atoms with E-state index in [-0.39, 0.29) is 32.9 Å². The van der Waals surface area contributed by atoms with Gasteiger partial charge in [0.2, 0.25) is 5.75 Å². The summed E-state index contributed by atoms with van der Waals surface area (Å²) in [5.41, 5.74) is 0.207. The minimum absolute atomic E-state index is 0.0239. The second kappa shape index (κ2) is 8.55. The van der Waals surface area contributed by atoms with Crippen LogP contribution in [-0.2, 0) is 20.0 Å². The van der Waals surface area contributed by atoms with Gasteiger partial charge in [0.05, 0.1) is 24.0 Å². The smallest absolute Gasteiger partial charge is 0.263 e. The molecule has 2 aromatic carbocycles. The van der Waals surface area contributed by atoms with Crippen molar-refractivity contribution >= 4 is 31.6 Å². The summed E-state index contributed by atoms with van der Waals surface area (Å²) >= 11 is 0. The number of sulfonamides is 2. The van der Waals surface area contributed by atoms with E-state index < -0.39 is 20.0 Å². The number of aromatic nitrogens is 2. The van der Waals surface area contributed by atoms with Gasteiger partial charge in [0.25, 0.3) is 25.9 Å². The van der Waals surface area contributed by atoms with Crippen molar-refractivity contribution in [2.75, 3.05) is 23.7 Å². The predicted octanol–water partition coefficient (Wildman–Crippen LogP) is 2.10. The quantitative estimate of drug-likeness (QED) is 0.532. The SMILES string of the molecule is COc1ncnc(NS(=O)(=O)c2ccc(NS(=O)(=O)c3ccccc3)cc2)c1OC. The van der Waals surface area contributed by atoms with E-state index in [1.54, 1.807) is 18.2 Å². The number of ether oxygens (including phenoxy) is 2. The van der Waals surface area contributed by atoms with Crippen LogP contribution in [0.2, 0.25) is 0 Å². The van der Waals surface area contributed by atoms with Gasteiger partial charge in [-0.2, -0.15) is 4.98 Å². The Labute approximate surface area is 174 Å². The fraction of sp³-hybridized carbons (Fsp3) is 0.111. The van der Waals surface area contributed by atoms with Gasteiger partial charge >= 0.3 is 0 Å². The molecule has 3 aromatic rings. The standard InChI is InChI=1S/C18H18N4O6S2/c1-27-16-17(19-12-20-18(16)28-2)22-30(25,26)15-10-8-13(9-11-15)21-29(23,24)14-6-4-3-5-7-14/h3-12,21H,1-2H3,(H,19,20,22). The van der Waals surface area contributed by atoms with Gasteiger partial charge in [0.1, 0.15) is 6.33 Å². The van der Waals surface area contributed by atoms with E-state index in [0.717, 1.165) is 6.33 Å². The molecule has 0 spiro atoms. The number of benzene rings is 2. The lowest BCUT2D eigenvalue weighted by atomic mass is 10.3. The molecule has 0 fully saturated rings. The second-order valence-electron chi connectivity index (χ2n) is 5.81. The molecule has 12 heteroatoms. The van der Waals surface area contributed by atoms with E-state index in [1.807, 2.05) is 0 Å². The van der Waals surface area contributed by atoms with Crippen LogP contribution in [0, 0.1) is 0 Å². The number of nitrogens with one attached hydrogen (secondary N) is 2. The highest BCUT2D eigenvalue weighted by Crippen LogP contribution is 2.32. The van der Waals surface area contributed by atoms with Crippen LogP contribution in [0.3, 0.4) is 0 Å². The van der Waals surface area contributed by atoms with Gasteiger partial charge in [0, 0.05) is 5.69 Å². The van der Waals surface area contributed by atoms with Crippen LogP contribution < -0.4 is 18.9 Å². The summed E-state index contributed by atoms with van der Waals surface area (Å²) in [4.78, 5) is 7.70. The highest BCUT2D eigenvalue weighted by molar-refractivity contribution is 7.93. The van der Waals surface area contributed by atoms with Crippen LogP contribution >= 0.6 is 0 Å². The fourth-order valence-corrected chi connectivity index (χ4v) is 4.55.